The van der Waals surface area contributed by atoms with Gasteiger partial charge in [-0.1, -0.05) is 31.9 Å². The zero-order valence-corrected chi connectivity index (χ0v) is 19.8. The Labute approximate surface area is 204 Å². The lowest BCUT2D eigenvalue weighted by Gasteiger charge is -2.25. The molecule has 35 heavy (non-hydrogen) atoms. The molecule has 1 unspecified atom stereocenters. The van der Waals surface area contributed by atoms with Crippen molar-refractivity contribution in [1.29, 1.82) is 0 Å². The first-order valence-corrected chi connectivity index (χ1v) is 12.0. The van der Waals surface area contributed by atoms with Crippen molar-refractivity contribution in [3.05, 3.63) is 84.2 Å². The highest BCUT2D eigenvalue weighted by atomic mass is 16.5. The first-order chi connectivity index (χ1) is 17.1. The largest absolute Gasteiger partial charge is 0.507 e. The lowest BCUT2D eigenvalue weighted by molar-refractivity contribution is -0.139. The maximum absolute atomic E-state index is 13.1. The van der Waals surface area contributed by atoms with Crippen LogP contribution in [0.2, 0.25) is 0 Å². The summed E-state index contributed by atoms with van der Waals surface area (Å²) < 4.78 is 7.74. The number of rotatable bonds is 11. The summed E-state index contributed by atoms with van der Waals surface area (Å²) in [7, 11) is 0. The number of hydrogen-bond acceptors (Lipinski definition) is 6. The second kappa shape index (κ2) is 11.5. The summed E-state index contributed by atoms with van der Waals surface area (Å²) in [5.74, 6) is -0.772. The van der Waals surface area contributed by atoms with E-state index in [-0.39, 0.29) is 11.3 Å². The maximum Gasteiger partial charge on any atom is 0.295 e. The average molecular weight is 475 g/mol. The summed E-state index contributed by atoms with van der Waals surface area (Å²) in [4.78, 5) is 35.7. The van der Waals surface area contributed by atoms with Gasteiger partial charge in [-0.25, -0.2) is 4.98 Å². The molecule has 1 N–H and O–H groups in total. The van der Waals surface area contributed by atoms with Gasteiger partial charge < -0.3 is 19.3 Å². The number of pyridine rings is 1. The van der Waals surface area contributed by atoms with Crippen LogP contribution in [0.4, 0.5) is 0 Å². The highest BCUT2D eigenvalue weighted by Crippen LogP contribution is 2.39. The number of hydrogen-bond donors (Lipinski definition) is 1. The van der Waals surface area contributed by atoms with E-state index < -0.39 is 17.7 Å². The number of unbranched alkanes of at least 4 members (excludes halogenated alkanes) is 2. The van der Waals surface area contributed by atoms with Gasteiger partial charge >= 0.3 is 0 Å². The van der Waals surface area contributed by atoms with E-state index in [0.29, 0.717) is 31.7 Å². The van der Waals surface area contributed by atoms with Gasteiger partial charge in [0.15, 0.2) is 0 Å². The minimum Gasteiger partial charge on any atom is -0.507 e. The molecule has 182 valence electrons. The molecule has 1 aliphatic heterocycles. The van der Waals surface area contributed by atoms with E-state index >= 15 is 0 Å². The van der Waals surface area contributed by atoms with Crippen LogP contribution in [0.3, 0.4) is 0 Å². The van der Waals surface area contributed by atoms with Gasteiger partial charge in [-0.2, -0.15) is 0 Å². The number of benzene rings is 1. The monoisotopic (exact) mass is 474 g/mol. The Hall–Kier alpha value is -3.94. The summed E-state index contributed by atoms with van der Waals surface area (Å²) >= 11 is 0. The second-order valence-corrected chi connectivity index (χ2v) is 8.51. The molecule has 1 saturated heterocycles. The number of carbonyl (C=O) groups excluding carboxylic acids is 2. The van der Waals surface area contributed by atoms with Crippen molar-refractivity contribution in [3.8, 4) is 5.75 Å². The average Bonchev–Trinajstić information content (AvgIpc) is 3.49. The van der Waals surface area contributed by atoms with Crippen LogP contribution in [-0.2, 0) is 16.1 Å². The number of likely N-dealkylation sites (tertiary alicyclic amines) is 1. The molecular formula is C27H30N4O4. The van der Waals surface area contributed by atoms with Crippen LogP contribution in [0.15, 0.2) is 73.1 Å². The second-order valence-electron chi connectivity index (χ2n) is 8.51. The molecular weight excluding hydrogens is 444 g/mol. The molecule has 0 bridgehead atoms. The molecule has 3 aromatic rings. The van der Waals surface area contributed by atoms with Crippen LogP contribution < -0.4 is 4.74 Å². The third kappa shape index (κ3) is 5.59. The van der Waals surface area contributed by atoms with Crippen LogP contribution in [-0.4, -0.2) is 49.4 Å². The van der Waals surface area contributed by atoms with Gasteiger partial charge in [0.1, 0.15) is 11.5 Å². The van der Waals surface area contributed by atoms with E-state index in [4.69, 9.17) is 4.74 Å². The van der Waals surface area contributed by atoms with E-state index in [2.05, 4.69) is 16.9 Å². The van der Waals surface area contributed by atoms with Crippen molar-refractivity contribution >= 4 is 17.4 Å². The normalized spacial score (nSPS) is 17.2. The van der Waals surface area contributed by atoms with Crippen LogP contribution >= 0.6 is 0 Å². The maximum atomic E-state index is 13.1. The topological polar surface area (TPSA) is 97.5 Å². The van der Waals surface area contributed by atoms with E-state index in [1.165, 1.54) is 12.4 Å². The first-order valence-electron chi connectivity index (χ1n) is 12.0. The molecule has 8 nitrogen and oxygen atoms in total. The van der Waals surface area contributed by atoms with Gasteiger partial charge in [-0.15, -0.1) is 0 Å². The predicted octanol–water partition coefficient (Wildman–Crippen LogP) is 4.36. The Morgan fingerprint density at radius 2 is 1.74 bits per heavy atom. The molecule has 1 aromatic carbocycles. The smallest absolute Gasteiger partial charge is 0.295 e. The zero-order valence-electron chi connectivity index (χ0n) is 19.8. The van der Waals surface area contributed by atoms with Crippen LogP contribution in [0.25, 0.3) is 5.76 Å². The number of Topliss-reactive ketones (excluding diaryl/α,β-unsaturated/α-hetero) is 1. The van der Waals surface area contributed by atoms with Gasteiger partial charge in [-0.05, 0) is 42.7 Å². The van der Waals surface area contributed by atoms with Crippen molar-refractivity contribution in [2.45, 2.75) is 45.2 Å². The number of amides is 1. The number of aliphatic hydroxyl groups excluding tert-OH is 1. The fourth-order valence-electron chi connectivity index (χ4n) is 4.25. The van der Waals surface area contributed by atoms with E-state index in [0.717, 1.165) is 30.6 Å². The molecule has 0 radical (unpaired) electrons. The number of aromatic nitrogens is 3. The Morgan fingerprint density at radius 3 is 2.43 bits per heavy atom. The Morgan fingerprint density at radius 1 is 0.971 bits per heavy atom. The number of ketones is 1. The van der Waals surface area contributed by atoms with Crippen molar-refractivity contribution in [1.82, 2.24) is 19.4 Å². The highest BCUT2D eigenvalue weighted by Gasteiger charge is 2.45. The number of nitrogens with zero attached hydrogens (tertiary/aromatic N) is 4. The van der Waals surface area contributed by atoms with Crippen molar-refractivity contribution in [2.75, 3.05) is 13.2 Å². The first kappa shape index (κ1) is 24.2. The predicted molar refractivity (Wildman–Crippen MR) is 132 cm³/mol. The molecule has 0 saturated carbocycles. The van der Waals surface area contributed by atoms with Crippen LogP contribution in [0, 0.1) is 0 Å². The van der Waals surface area contributed by atoms with Crippen LogP contribution in [0.1, 0.15) is 49.8 Å². The molecule has 1 amide bonds. The Balaban J connectivity index is 1.62. The molecule has 3 heterocycles. The molecule has 1 aliphatic rings. The van der Waals surface area contributed by atoms with Gasteiger partial charge in [0.2, 0.25) is 0 Å². The van der Waals surface area contributed by atoms with Crippen molar-refractivity contribution in [2.24, 2.45) is 0 Å². The molecule has 0 spiro atoms. The molecule has 1 atom stereocenters. The molecule has 8 heteroatoms. The van der Waals surface area contributed by atoms with Gasteiger partial charge in [0.05, 0.1) is 24.5 Å². The summed E-state index contributed by atoms with van der Waals surface area (Å²) in [5, 5.41) is 11.1. The number of ether oxygens (including phenoxy) is 1. The van der Waals surface area contributed by atoms with Gasteiger partial charge in [0, 0.05) is 43.4 Å². The quantitative estimate of drug-likeness (QED) is 0.192. The highest BCUT2D eigenvalue weighted by molar-refractivity contribution is 6.46. The third-order valence-corrected chi connectivity index (χ3v) is 6.08. The molecule has 2 aromatic heterocycles. The zero-order chi connectivity index (χ0) is 24.6. The Kier molecular flexibility index (Phi) is 7.92. The fraction of sp³-hybridized carbons (Fsp3) is 0.333. The molecule has 4 rings (SSSR count). The summed E-state index contributed by atoms with van der Waals surface area (Å²) in [6.45, 7) is 3.80. The van der Waals surface area contributed by atoms with Crippen LogP contribution in [0.5, 0.6) is 5.75 Å². The number of aryl methyl sites for hydroxylation is 1. The van der Waals surface area contributed by atoms with Gasteiger partial charge in [-0.3, -0.25) is 14.6 Å². The van der Waals surface area contributed by atoms with Crippen molar-refractivity contribution in [3.63, 3.8) is 0 Å². The van der Waals surface area contributed by atoms with Crippen molar-refractivity contribution < 1.29 is 19.4 Å². The Bertz CT molecular complexity index is 1160. The summed E-state index contributed by atoms with van der Waals surface area (Å²) in [6.07, 6.45) is 12.2. The third-order valence-electron chi connectivity index (χ3n) is 6.08. The fourth-order valence-corrected chi connectivity index (χ4v) is 4.25. The van der Waals surface area contributed by atoms with E-state index in [1.54, 1.807) is 29.6 Å². The van der Waals surface area contributed by atoms with E-state index in [1.807, 2.05) is 35.0 Å². The van der Waals surface area contributed by atoms with Gasteiger partial charge in [0.25, 0.3) is 11.7 Å². The summed E-state index contributed by atoms with van der Waals surface area (Å²) in [6, 6.07) is 9.94. The molecule has 1 fully saturated rings. The summed E-state index contributed by atoms with van der Waals surface area (Å²) in [5.41, 5.74) is 1.26. The number of aliphatic hydroxyl groups is 1. The minimum atomic E-state index is -0.694. The lowest BCUT2D eigenvalue weighted by atomic mass is 9.95. The minimum absolute atomic E-state index is 0.0837. The van der Waals surface area contributed by atoms with E-state index in [9.17, 15) is 14.7 Å². The standard InChI is InChI=1S/C27H30N4O4/c1-2-3-4-18-35-22-8-6-20(7-9-22)24-23(25(32)21-10-12-28-13-11-21)26(33)27(34)31(24)16-5-15-30-17-14-29-19-30/h6-14,17,19,24,32H,2-5,15-16,18H2,1H3/b25-23+. The lowest BCUT2D eigenvalue weighted by Crippen LogP contribution is -2.31. The number of carbonyl (C=O) groups is 2. The molecule has 0 aliphatic carbocycles. The SMILES string of the molecule is CCCCCOc1ccc(C2/C(=C(\O)c3ccncc3)C(=O)C(=O)N2CCCn2ccnc2)cc1. The number of imidazole rings is 1.